The van der Waals surface area contributed by atoms with Crippen molar-refractivity contribution in [2.75, 3.05) is 20.2 Å². The first-order chi connectivity index (χ1) is 10.1. The minimum atomic E-state index is -0.750. The Hall–Kier alpha value is -1.58. The second kappa shape index (κ2) is 8.65. The largest absolute Gasteiger partial charge is 0.491 e. The molecule has 0 saturated heterocycles. The van der Waals surface area contributed by atoms with E-state index in [1.165, 1.54) is 0 Å². The van der Waals surface area contributed by atoms with E-state index in [4.69, 9.17) is 4.74 Å². The van der Waals surface area contributed by atoms with E-state index >= 15 is 0 Å². The summed E-state index contributed by atoms with van der Waals surface area (Å²) in [6.45, 7) is 0.673. The number of terminal acetylenes is 1. The fourth-order valence-corrected chi connectivity index (χ4v) is 2.36. The number of fused-ring (bicyclic) bond motifs is 1. The van der Waals surface area contributed by atoms with E-state index in [0.29, 0.717) is 25.1 Å². The van der Waals surface area contributed by atoms with E-state index in [-0.39, 0.29) is 6.61 Å². The SMILES string of the molecule is C#C.CNC[C@@H](O)COc1cccc2c1C[C@@H](O)[C@@H](O)C2. The van der Waals surface area contributed by atoms with Crippen molar-refractivity contribution >= 4 is 0 Å². The van der Waals surface area contributed by atoms with Gasteiger partial charge >= 0.3 is 0 Å². The maximum absolute atomic E-state index is 9.75. The predicted octanol–water partition coefficient (Wildman–Crippen LogP) is -0.285. The zero-order chi connectivity index (χ0) is 15.8. The lowest BCUT2D eigenvalue weighted by molar-refractivity contribution is 0.0132. The van der Waals surface area contributed by atoms with Gasteiger partial charge in [-0.15, -0.1) is 12.8 Å². The van der Waals surface area contributed by atoms with E-state index in [1.54, 1.807) is 7.05 Å². The normalized spacial score (nSPS) is 21.6. The van der Waals surface area contributed by atoms with Gasteiger partial charge in [0.15, 0.2) is 0 Å². The lowest BCUT2D eigenvalue weighted by Crippen LogP contribution is -2.35. The molecule has 1 aromatic rings. The van der Waals surface area contributed by atoms with Crippen molar-refractivity contribution in [2.45, 2.75) is 31.2 Å². The standard InChI is InChI=1S/C14H21NO4.C2H2/c1-15-7-10(16)8-19-14-4-2-3-9-5-12(17)13(18)6-11(9)14;1-2/h2-4,10,12-13,15-18H,5-8H2,1H3;1-2H/t10-,12+,13-;/m1./s1. The Morgan fingerprint density at radius 1 is 1.29 bits per heavy atom. The van der Waals surface area contributed by atoms with Gasteiger partial charge < -0.3 is 25.4 Å². The van der Waals surface area contributed by atoms with Crippen molar-refractivity contribution in [1.29, 1.82) is 0 Å². The Morgan fingerprint density at radius 2 is 1.95 bits per heavy atom. The number of nitrogens with one attached hydrogen (secondary N) is 1. The molecular formula is C16H23NO4. The summed E-state index contributed by atoms with van der Waals surface area (Å²) in [5.41, 5.74) is 1.93. The zero-order valence-electron chi connectivity index (χ0n) is 12.2. The van der Waals surface area contributed by atoms with Crippen LogP contribution < -0.4 is 10.1 Å². The molecule has 5 heteroatoms. The molecular weight excluding hydrogens is 270 g/mol. The van der Waals surface area contributed by atoms with Gasteiger partial charge in [0.1, 0.15) is 18.5 Å². The van der Waals surface area contributed by atoms with Crippen LogP contribution in [-0.4, -0.2) is 53.8 Å². The van der Waals surface area contributed by atoms with Gasteiger partial charge in [-0.1, -0.05) is 12.1 Å². The average molecular weight is 293 g/mol. The summed E-state index contributed by atoms with van der Waals surface area (Å²) in [4.78, 5) is 0. The van der Waals surface area contributed by atoms with Gasteiger partial charge in [-0.2, -0.15) is 0 Å². The summed E-state index contributed by atoms with van der Waals surface area (Å²) in [7, 11) is 1.77. The van der Waals surface area contributed by atoms with Crippen LogP contribution in [0.15, 0.2) is 18.2 Å². The number of likely N-dealkylation sites (N-methyl/N-ethyl adjacent to an activating group) is 1. The van der Waals surface area contributed by atoms with E-state index < -0.39 is 18.3 Å². The molecule has 5 nitrogen and oxygen atoms in total. The topological polar surface area (TPSA) is 82.0 Å². The molecule has 0 unspecified atom stereocenters. The van der Waals surface area contributed by atoms with Gasteiger partial charge in [0.25, 0.3) is 0 Å². The molecule has 1 aliphatic carbocycles. The maximum atomic E-state index is 9.75. The summed E-state index contributed by atoms with van der Waals surface area (Å²) in [6.07, 6.45) is 6.79. The van der Waals surface area contributed by atoms with E-state index in [2.05, 4.69) is 18.2 Å². The van der Waals surface area contributed by atoms with Gasteiger partial charge in [-0.25, -0.2) is 0 Å². The summed E-state index contributed by atoms with van der Waals surface area (Å²) >= 11 is 0. The highest BCUT2D eigenvalue weighted by Gasteiger charge is 2.27. The molecule has 0 spiro atoms. The summed E-state index contributed by atoms with van der Waals surface area (Å²) in [6, 6.07) is 5.62. The van der Waals surface area contributed by atoms with Crippen LogP contribution in [0.5, 0.6) is 5.75 Å². The molecule has 1 aromatic carbocycles. The number of aliphatic hydroxyl groups excluding tert-OH is 3. The van der Waals surface area contributed by atoms with E-state index in [9.17, 15) is 15.3 Å². The van der Waals surface area contributed by atoms with Crippen LogP contribution in [0.25, 0.3) is 0 Å². The Bertz CT molecular complexity index is 461. The molecule has 0 fully saturated rings. The lowest BCUT2D eigenvalue weighted by Gasteiger charge is -2.27. The molecule has 116 valence electrons. The third kappa shape index (κ3) is 4.73. The summed E-state index contributed by atoms with van der Waals surface area (Å²) in [5.74, 6) is 0.679. The maximum Gasteiger partial charge on any atom is 0.123 e. The fraction of sp³-hybridized carbons (Fsp3) is 0.500. The monoisotopic (exact) mass is 293 g/mol. The Labute approximate surface area is 125 Å². The van der Waals surface area contributed by atoms with Gasteiger partial charge in [0.2, 0.25) is 0 Å². The van der Waals surface area contributed by atoms with Crippen LogP contribution in [0.2, 0.25) is 0 Å². The minimum absolute atomic E-state index is 0.204. The second-order valence-corrected chi connectivity index (χ2v) is 4.96. The van der Waals surface area contributed by atoms with Gasteiger partial charge in [0, 0.05) is 24.9 Å². The van der Waals surface area contributed by atoms with Crippen LogP contribution >= 0.6 is 0 Å². The van der Waals surface area contributed by atoms with Crippen molar-refractivity contribution in [1.82, 2.24) is 5.32 Å². The molecule has 0 heterocycles. The van der Waals surface area contributed by atoms with Crippen molar-refractivity contribution in [3.05, 3.63) is 29.3 Å². The molecule has 0 aliphatic heterocycles. The number of rotatable bonds is 5. The van der Waals surface area contributed by atoms with E-state index in [0.717, 1.165) is 11.1 Å². The predicted molar refractivity (Wildman–Crippen MR) is 81.2 cm³/mol. The van der Waals surface area contributed by atoms with Crippen molar-refractivity contribution in [3.63, 3.8) is 0 Å². The van der Waals surface area contributed by atoms with Crippen LogP contribution in [0.3, 0.4) is 0 Å². The van der Waals surface area contributed by atoms with Crippen LogP contribution in [-0.2, 0) is 12.8 Å². The third-order valence-electron chi connectivity index (χ3n) is 3.39. The van der Waals surface area contributed by atoms with Crippen LogP contribution in [0, 0.1) is 12.8 Å². The molecule has 4 N–H and O–H groups in total. The molecule has 0 radical (unpaired) electrons. The van der Waals surface area contributed by atoms with Crippen molar-refractivity contribution in [2.24, 2.45) is 0 Å². The van der Waals surface area contributed by atoms with Gasteiger partial charge in [-0.3, -0.25) is 0 Å². The minimum Gasteiger partial charge on any atom is -0.491 e. The van der Waals surface area contributed by atoms with Crippen molar-refractivity contribution < 1.29 is 20.1 Å². The number of benzene rings is 1. The highest BCUT2D eigenvalue weighted by Crippen LogP contribution is 2.30. The fourth-order valence-electron chi connectivity index (χ4n) is 2.36. The molecule has 2 rings (SSSR count). The lowest BCUT2D eigenvalue weighted by atomic mass is 9.87. The molecule has 0 saturated carbocycles. The first-order valence-corrected chi connectivity index (χ1v) is 6.87. The Kier molecular flexibility index (Phi) is 7.20. The molecule has 1 aliphatic rings. The number of aliphatic hydroxyl groups is 3. The third-order valence-corrected chi connectivity index (χ3v) is 3.39. The molecule has 0 aromatic heterocycles. The quantitative estimate of drug-likeness (QED) is 0.561. The molecule has 0 amide bonds. The average Bonchev–Trinajstić information content (AvgIpc) is 2.49. The number of ether oxygens (including phenoxy) is 1. The first kappa shape index (κ1) is 17.5. The van der Waals surface area contributed by atoms with Gasteiger partial charge in [-0.05, 0) is 18.7 Å². The van der Waals surface area contributed by atoms with Crippen LogP contribution in [0.4, 0.5) is 0 Å². The van der Waals surface area contributed by atoms with Crippen LogP contribution in [0.1, 0.15) is 11.1 Å². The number of hydrogen-bond acceptors (Lipinski definition) is 5. The molecule has 21 heavy (non-hydrogen) atoms. The summed E-state index contributed by atoms with van der Waals surface area (Å²) in [5, 5.41) is 31.9. The number of hydrogen-bond donors (Lipinski definition) is 4. The Morgan fingerprint density at radius 3 is 2.62 bits per heavy atom. The highest BCUT2D eigenvalue weighted by atomic mass is 16.5. The summed E-state index contributed by atoms with van der Waals surface area (Å²) < 4.78 is 5.62. The van der Waals surface area contributed by atoms with Crippen molar-refractivity contribution in [3.8, 4) is 18.6 Å². The van der Waals surface area contributed by atoms with E-state index in [1.807, 2.05) is 18.2 Å². The second-order valence-electron chi connectivity index (χ2n) is 4.96. The smallest absolute Gasteiger partial charge is 0.123 e. The Balaban J connectivity index is 0.00000106. The zero-order valence-corrected chi connectivity index (χ0v) is 12.2. The van der Waals surface area contributed by atoms with Gasteiger partial charge in [0.05, 0.1) is 12.2 Å². The highest BCUT2D eigenvalue weighted by molar-refractivity contribution is 5.43. The first-order valence-electron chi connectivity index (χ1n) is 6.87. The molecule has 3 atom stereocenters. The molecule has 0 bridgehead atoms.